The number of rotatable bonds is 6. The van der Waals surface area contributed by atoms with Crippen LogP contribution in [0.15, 0.2) is 36.7 Å². The van der Waals surface area contributed by atoms with Crippen molar-refractivity contribution in [3.8, 4) is 16.9 Å². The quantitative estimate of drug-likeness (QED) is 0.782. The molecule has 134 valence electrons. The van der Waals surface area contributed by atoms with E-state index in [2.05, 4.69) is 39.6 Å². The van der Waals surface area contributed by atoms with Gasteiger partial charge in [-0.05, 0) is 48.2 Å². The predicted octanol–water partition coefficient (Wildman–Crippen LogP) is 4.34. The van der Waals surface area contributed by atoms with Gasteiger partial charge < -0.3 is 14.3 Å². The highest BCUT2D eigenvalue weighted by Gasteiger charge is 2.28. The van der Waals surface area contributed by atoms with Crippen LogP contribution >= 0.6 is 0 Å². The van der Waals surface area contributed by atoms with Gasteiger partial charge in [-0.15, -0.1) is 0 Å². The van der Waals surface area contributed by atoms with Crippen LogP contribution in [0.25, 0.3) is 11.1 Å². The van der Waals surface area contributed by atoms with Gasteiger partial charge in [0.15, 0.2) is 0 Å². The molecule has 0 fully saturated rings. The first-order valence-corrected chi connectivity index (χ1v) is 9.26. The van der Waals surface area contributed by atoms with Crippen molar-refractivity contribution in [2.75, 3.05) is 7.11 Å². The molecule has 0 saturated carbocycles. The molecule has 0 spiro atoms. The summed E-state index contributed by atoms with van der Waals surface area (Å²) in [7, 11) is 2.02. The highest BCUT2D eigenvalue weighted by Crippen LogP contribution is 2.39. The third-order valence-corrected chi connectivity index (χ3v) is 5.04. The van der Waals surface area contributed by atoms with Crippen LogP contribution in [0.1, 0.15) is 45.7 Å². The van der Waals surface area contributed by atoms with Crippen LogP contribution < -0.4 is 4.74 Å². The van der Waals surface area contributed by atoms with Crippen LogP contribution in [-0.2, 0) is 16.6 Å². The van der Waals surface area contributed by atoms with Gasteiger partial charge in [0.2, 0.25) is 9.76 Å². The number of aliphatic hydroxyl groups excluding tert-OH is 1. The zero-order valence-electron chi connectivity index (χ0n) is 15.9. The molecule has 1 heterocycles. The number of hydrogen-bond donors (Lipinski definition) is 1. The van der Waals surface area contributed by atoms with E-state index in [1.54, 1.807) is 13.3 Å². The number of ether oxygens (including phenoxy) is 1. The van der Waals surface area contributed by atoms with E-state index in [0.717, 1.165) is 28.0 Å². The summed E-state index contributed by atoms with van der Waals surface area (Å²) >= 11 is 0. The molecule has 0 aliphatic carbocycles. The third-order valence-electron chi connectivity index (χ3n) is 3.82. The first kappa shape index (κ1) is 19.6. The topological polar surface area (TPSA) is 51.6 Å². The number of methoxy groups -OCH3 is 1. The summed E-state index contributed by atoms with van der Waals surface area (Å²) in [6.07, 6.45) is 3.62. The fraction of sp³-hybridized carbons (Fsp3) is 0.450. The van der Waals surface area contributed by atoms with E-state index in [0.29, 0.717) is 9.76 Å². The molecular weight excluding hydrogens is 330 g/mol. The predicted molar refractivity (Wildman–Crippen MR) is 102 cm³/mol. The molecule has 0 aliphatic rings. The van der Waals surface area contributed by atoms with Crippen molar-refractivity contribution in [1.82, 2.24) is 4.98 Å². The molecule has 0 aliphatic heterocycles. The van der Waals surface area contributed by atoms with Gasteiger partial charge >= 0.3 is 0 Å². The molecule has 0 saturated heterocycles. The van der Waals surface area contributed by atoms with E-state index >= 15 is 0 Å². The van der Waals surface area contributed by atoms with Gasteiger partial charge in [-0.1, -0.05) is 26.8 Å². The summed E-state index contributed by atoms with van der Waals surface area (Å²) < 4.78 is 11.8. The molecule has 1 aromatic heterocycles. The number of pyridine rings is 1. The van der Waals surface area contributed by atoms with Crippen molar-refractivity contribution in [1.29, 1.82) is 0 Å². The average Bonchev–Trinajstić information content (AvgIpc) is 2.59. The Morgan fingerprint density at radius 1 is 1.08 bits per heavy atom. The molecule has 2 aromatic rings. The van der Waals surface area contributed by atoms with Crippen molar-refractivity contribution in [2.24, 2.45) is 0 Å². The Labute approximate surface area is 153 Å². The van der Waals surface area contributed by atoms with Gasteiger partial charge in [-0.3, -0.25) is 4.98 Å². The maximum Gasteiger partial charge on any atom is 0.236 e. The Bertz CT molecular complexity index is 723. The Kier molecular flexibility index (Phi) is 6.03. The fourth-order valence-corrected chi connectivity index (χ4v) is 3.18. The van der Waals surface area contributed by atoms with Gasteiger partial charge in [-0.2, -0.15) is 0 Å². The Hall–Kier alpha value is -1.69. The summed E-state index contributed by atoms with van der Waals surface area (Å²) in [6, 6.07) is 7.68. The van der Waals surface area contributed by atoms with Crippen LogP contribution in [-0.4, -0.2) is 27.0 Å². The van der Waals surface area contributed by atoms with E-state index in [4.69, 9.17) is 9.16 Å². The molecule has 0 amide bonds. The Balaban J connectivity index is 2.51. The van der Waals surface area contributed by atoms with Crippen LogP contribution in [0.4, 0.5) is 0 Å². The highest BCUT2D eigenvalue weighted by atomic mass is 28.2. The minimum atomic E-state index is -0.491. The number of benzene rings is 1. The second kappa shape index (κ2) is 7.68. The van der Waals surface area contributed by atoms with E-state index in [-0.39, 0.29) is 11.6 Å². The maximum absolute atomic E-state index is 9.50. The van der Waals surface area contributed by atoms with Gasteiger partial charge in [0.1, 0.15) is 5.75 Å². The van der Waals surface area contributed by atoms with E-state index in [1.807, 2.05) is 30.5 Å². The Morgan fingerprint density at radius 2 is 1.80 bits per heavy atom. The summed E-state index contributed by atoms with van der Waals surface area (Å²) in [5.41, 5.74) is 3.29. The molecule has 5 heteroatoms. The molecule has 0 bridgehead atoms. The molecule has 2 rings (SSSR count). The number of nitrogens with zero attached hydrogens (tertiary/aromatic N) is 1. The molecule has 1 aromatic carbocycles. The molecule has 0 unspecified atom stereocenters. The molecular formula is C20H27NO3Si. The minimum Gasteiger partial charge on any atom is -0.496 e. The van der Waals surface area contributed by atoms with E-state index < -0.39 is 5.60 Å². The van der Waals surface area contributed by atoms with Crippen LogP contribution in [0.2, 0.25) is 5.04 Å². The lowest BCUT2D eigenvalue weighted by Gasteiger charge is -2.31. The Morgan fingerprint density at radius 3 is 2.40 bits per heavy atom. The van der Waals surface area contributed by atoms with Gasteiger partial charge in [0, 0.05) is 23.5 Å². The zero-order chi connectivity index (χ0) is 18.7. The van der Waals surface area contributed by atoms with Crippen molar-refractivity contribution >= 4 is 9.76 Å². The number of aliphatic hydroxyl groups is 1. The second-order valence-corrected chi connectivity index (χ2v) is 9.49. The molecule has 25 heavy (non-hydrogen) atoms. The largest absolute Gasteiger partial charge is 0.496 e. The normalized spacial score (nSPS) is 12.3. The standard InChI is InChI=1S/C20H27NO3Si/c1-19(2,3)25-24-20(4,5)17-12-21-10-9-15(17)16-11-14(13-22)7-8-18(16)23-6/h7-12,22H,13H2,1-6H3. The van der Waals surface area contributed by atoms with Gasteiger partial charge in [-0.25, -0.2) is 0 Å². The molecule has 1 N–H and O–H groups in total. The summed E-state index contributed by atoms with van der Waals surface area (Å²) in [4.78, 5) is 4.31. The lowest BCUT2D eigenvalue weighted by molar-refractivity contribution is 0.110. The first-order chi connectivity index (χ1) is 11.7. The molecule has 4 nitrogen and oxygen atoms in total. The van der Waals surface area contributed by atoms with Crippen molar-refractivity contribution in [3.05, 3.63) is 47.8 Å². The minimum absolute atomic E-state index is 0.0112. The van der Waals surface area contributed by atoms with Crippen molar-refractivity contribution in [3.63, 3.8) is 0 Å². The maximum atomic E-state index is 9.50. The summed E-state index contributed by atoms with van der Waals surface area (Å²) in [5.74, 6) is 0.763. The van der Waals surface area contributed by atoms with Gasteiger partial charge in [0.05, 0.1) is 19.3 Å². The van der Waals surface area contributed by atoms with Crippen molar-refractivity contribution < 1.29 is 14.3 Å². The number of aromatic nitrogens is 1. The third kappa shape index (κ3) is 4.90. The van der Waals surface area contributed by atoms with Crippen LogP contribution in [0, 0.1) is 0 Å². The lowest BCUT2D eigenvalue weighted by Crippen LogP contribution is -2.28. The second-order valence-electron chi connectivity index (χ2n) is 7.58. The SMILES string of the molecule is COc1ccc(CO)cc1-c1ccncc1C(C)(C)O[Si]C(C)(C)C. The number of hydrogen-bond acceptors (Lipinski definition) is 4. The fourth-order valence-electron chi connectivity index (χ4n) is 2.51. The van der Waals surface area contributed by atoms with Crippen LogP contribution in [0.5, 0.6) is 5.75 Å². The monoisotopic (exact) mass is 357 g/mol. The van der Waals surface area contributed by atoms with Crippen molar-refractivity contribution in [2.45, 2.75) is 51.9 Å². The lowest BCUT2D eigenvalue weighted by atomic mass is 9.90. The van der Waals surface area contributed by atoms with Gasteiger partial charge in [0.25, 0.3) is 0 Å². The van der Waals surface area contributed by atoms with Crippen LogP contribution in [0.3, 0.4) is 0 Å². The van der Waals surface area contributed by atoms with E-state index in [9.17, 15) is 5.11 Å². The summed E-state index contributed by atoms with van der Waals surface area (Å²) in [5, 5.41) is 9.60. The average molecular weight is 358 g/mol. The summed E-state index contributed by atoms with van der Waals surface area (Å²) in [6.45, 7) is 10.6. The highest BCUT2D eigenvalue weighted by molar-refractivity contribution is 6.31. The van der Waals surface area contributed by atoms with E-state index in [1.165, 1.54) is 0 Å². The smallest absolute Gasteiger partial charge is 0.236 e. The zero-order valence-corrected chi connectivity index (χ0v) is 16.9. The molecule has 0 atom stereocenters. The first-order valence-electron chi connectivity index (χ1n) is 8.36. The molecule has 2 radical (unpaired) electrons.